The lowest BCUT2D eigenvalue weighted by molar-refractivity contribution is -0.180. The molecule has 2 amide bonds. The molecule has 168 valence electrons. The van der Waals surface area contributed by atoms with E-state index in [1.54, 1.807) is 20.8 Å². The monoisotopic (exact) mass is 448 g/mol. The second-order valence-corrected chi connectivity index (χ2v) is 11.0. The summed E-state index contributed by atoms with van der Waals surface area (Å²) in [5.74, 6) is -1.69. The lowest BCUT2D eigenvalue weighted by atomic mass is 9.96. The Balaban J connectivity index is 1.58. The largest absolute Gasteiger partial charge is 0.427 e. The molecule has 0 spiro atoms. The van der Waals surface area contributed by atoms with Crippen molar-refractivity contribution in [3.05, 3.63) is 35.9 Å². The average molecular weight is 449 g/mol. The third-order valence-electron chi connectivity index (χ3n) is 5.19. The lowest BCUT2D eigenvalue weighted by Gasteiger charge is -2.43. The summed E-state index contributed by atoms with van der Waals surface area (Å²) in [6.45, 7) is 8.28. The zero-order valence-electron chi connectivity index (χ0n) is 18.3. The fraction of sp³-hybridized carbons (Fsp3) is 0.545. The van der Waals surface area contributed by atoms with Crippen LogP contribution in [-0.4, -0.2) is 57.7 Å². The Morgan fingerprint density at radius 2 is 1.77 bits per heavy atom. The first-order valence-electron chi connectivity index (χ1n) is 10.1. The summed E-state index contributed by atoms with van der Waals surface area (Å²) in [7, 11) is 0. The highest BCUT2D eigenvalue weighted by Gasteiger charge is 2.64. The van der Waals surface area contributed by atoms with Crippen LogP contribution in [0.4, 0.5) is 0 Å². The minimum absolute atomic E-state index is 0.177. The topological polar surface area (TPSA) is 102 Å². The molecule has 0 saturated carbocycles. The standard InChI is InChI=1S/C22H28N2O6S/c1-21(2,3)20(28)30-12-29-19(27)16-22(4,5)31-18-15(17(26)24(16)18)23-14(25)11-13-9-7-6-8-10-13/h6-10,15-16,18H,11-12H2,1-5H3,(H,23,25)/t15?,16-,18+/m0/s1. The third-order valence-corrected chi connectivity index (χ3v) is 6.76. The van der Waals surface area contributed by atoms with E-state index in [1.165, 1.54) is 16.7 Å². The molecule has 1 unspecified atom stereocenters. The summed E-state index contributed by atoms with van der Waals surface area (Å²) in [4.78, 5) is 51.1. The molecule has 2 fully saturated rings. The van der Waals surface area contributed by atoms with Gasteiger partial charge in [0, 0.05) is 4.75 Å². The zero-order valence-corrected chi connectivity index (χ0v) is 19.2. The summed E-state index contributed by atoms with van der Waals surface area (Å²) >= 11 is 1.44. The number of benzene rings is 1. The van der Waals surface area contributed by atoms with Crippen molar-refractivity contribution in [1.29, 1.82) is 0 Å². The van der Waals surface area contributed by atoms with Crippen molar-refractivity contribution in [1.82, 2.24) is 10.2 Å². The number of fused-ring (bicyclic) bond motifs is 1. The molecule has 1 aromatic carbocycles. The molecule has 2 aliphatic rings. The molecule has 3 rings (SSSR count). The predicted octanol–water partition coefficient (Wildman–Crippen LogP) is 1.87. The summed E-state index contributed by atoms with van der Waals surface area (Å²) in [6.07, 6.45) is 0.177. The first-order chi connectivity index (χ1) is 14.4. The molecule has 1 N–H and O–H groups in total. The summed E-state index contributed by atoms with van der Waals surface area (Å²) in [6, 6.07) is 7.75. The Kier molecular flexibility index (Phi) is 6.36. The molecule has 1 aromatic rings. The Labute approximate surface area is 186 Å². The Morgan fingerprint density at radius 1 is 1.13 bits per heavy atom. The van der Waals surface area contributed by atoms with Crippen LogP contribution < -0.4 is 5.32 Å². The zero-order chi connectivity index (χ0) is 23.0. The number of amides is 2. The van der Waals surface area contributed by atoms with Gasteiger partial charge in [-0.1, -0.05) is 30.3 Å². The van der Waals surface area contributed by atoms with Crippen molar-refractivity contribution in [2.45, 2.75) is 63.2 Å². The van der Waals surface area contributed by atoms with Crippen molar-refractivity contribution in [2.75, 3.05) is 6.79 Å². The SMILES string of the molecule is CC(C)(C)C(=O)OCOC(=O)[C@@H]1N2C(=O)C(NC(=O)Cc3ccccc3)[C@H]2SC1(C)C. The molecule has 9 heteroatoms. The molecular formula is C22H28N2O6S. The quantitative estimate of drug-likeness (QED) is 0.403. The molecule has 2 aliphatic heterocycles. The van der Waals surface area contributed by atoms with E-state index in [2.05, 4.69) is 5.32 Å². The van der Waals surface area contributed by atoms with Gasteiger partial charge in [-0.05, 0) is 40.2 Å². The van der Waals surface area contributed by atoms with Gasteiger partial charge in [-0.15, -0.1) is 11.8 Å². The highest BCUT2D eigenvalue weighted by molar-refractivity contribution is 8.01. The minimum Gasteiger partial charge on any atom is -0.427 e. The lowest BCUT2D eigenvalue weighted by Crippen LogP contribution is -2.70. The average Bonchev–Trinajstić information content (AvgIpc) is 2.94. The van der Waals surface area contributed by atoms with Gasteiger partial charge in [0.1, 0.15) is 17.5 Å². The number of β-lactam (4-membered cyclic amide) rings is 1. The molecule has 8 nitrogen and oxygen atoms in total. The maximum Gasteiger partial charge on any atom is 0.333 e. The van der Waals surface area contributed by atoms with Crippen LogP contribution in [-0.2, 0) is 35.1 Å². The maximum absolute atomic E-state index is 12.8. The first-order valence-corrected chi connectivity index (χ1v) is 11.0. The van der Waals surface area contributed by atoms with E-state index in [0.29, 0.717) is 0 Å². The van der Waals surface area contributed by atoms with E-state index >= 15 is 0 Å². The van der Waals surface area contributed by atoms with Crippen molar-refractivity contribution in [2.24, 2.45) is 5.41 Å². The Hall–Kier alpha value is -2.55. The van der Waals surface area contributed by atoms with Gasteiger partial charge in [0.15, 0.2) is 0 Å². The number of hydrogen-bond donors (Lipinski definition) is 1. The van der Waals surface area contributed by atoms with Crippen LogP contribution in [0.1, 0.15) is 40.2 Å². The van der Waals surface area contributed by atoms with Crippen molar-refractivity contribution < 1.29 is 28.7 Å². The van der Waals surface area contributed by atoms with Crippen LogP contribution in [0.15, 0.2) is 30.3 Å². The fourth-order valence-corrected chi connectivity index (χ4v) is 5.19. The number of rotatable bonds is 6. The van der Waals surface area contributed by atoms with Crippen molar-refractivity contribution in [3.63, 3.8) is 0 Å². The number of carbonyl (C=O) groups excluding carboxylic acids is 4. The highest BCUT2D eigenvalue weighted by atomic mass is 32.2. The Morgan fingerprint density at radius 3 is 2.39 bits per heavy atom. The van der Waals surface area contributed by atoms with Gasteiger partial charge in [0.25, 0.3) is 0 Å². The van der Waals surface area contributed by atoms with Gasteiger partial charge in [-0.2, -0.15) is 0 Å². The summed E-state index contributed by atoms with van der Waals surface area (Å²) in [5, 5.41) is 2.44. The number of carbonyl (C=O) groups is 4. The van der Waals surface area contributed by atoms with E-state index < -0.39 is 41.0 Å². The van der Waals surface area contributed by atoms with Gasteiger partial charge in [-0.25, -0.2) is 4.79 Å². The number of ether oxygens (including phenoxy) is 2. The van der Waals surface area contributed by atoms with Gasteiger partial charge in [0.2, 0.25) is 18.6 Å². The fourth-order valence-electron chi connectivity index (χ4n) is 3.57. The molecule has 3 atom stereocenters. The third kappa shape index (κ3) is 4.87. The molecule has 0 bridgehead atoms. The second kappa shape index (κ2) is 8.53. The number of thioether (sulfide) groups is 1. The normalized spacial score (nSPS) is 24.1. The van der Waals surface area contributed by atoms with E-state index in [0.717, 1.165) is 5.56 Å². The van der Waals surface area contributed by atoms with Crippen LogP contribution in [0.5, 0.6) is 0 Å². The molecule has 0 aromatic heterocycles. The van der Waals surface area contributed by atoms with Crippen LogP contribution in [0.3, 0.4) is 0 Å². The van der Waals surface area contributed by atoms with Crippen LogP contribution in [0.2, 0.25) is 0 Å². The predicted molar refractivity (Wildman–Crippen MR) is 115 cm³/mol. The van der Waals surface area contributed by atoms with Crippen molar-refractivity contribution in [3.8, 4) is 0 Å². The van der Waals surface area contributed by atoms with Crippen LogP contribution >= 0.6 is 11.8 Å². The second-order valence-electron chi connectivity index (χ2n) is 9.23. The van der Waals surface area contributed by atoms with E-state index in [-0.39, 0.29) is 23.6 Å². The van der Waals surface area contributed by atoms with Crippen LogP contribution in [0, 0.1) is 5.41 Å². The number of esters is 2. The van der Waals surface area contributed by atoms with Crippen LogP contribution in [0.25, 0.3) is 0 Å². The number of nitrogens with one attached hydrogen (secondary N) is 1. The van der Waals surface area contributed by atoms with E-state index in [4.69, 9.17) is 9.47 Å². The Bertz CT molecular complexity index is 880. The van der Waals surface area contributed by atoms with E-state index in [9.17, 15) is 19.2 Å². The van der Waals surface area contributed by atoms with E-state index in [1.807, 2.05) is 44.2 Å². The molecule has 2 saturated heterocycles. The molecule has 0 radical (unpaired) electrons. The molecule has 0 aliphatic carbocycles. The summed E-state index contributed by atoms with van der Waals surface area (Å²) in [5.41, 5.74) is 0.146. The molecular weight excluding hydrogens is 420 g/mol. The number of nitrogens with zero attached hydrogens (tertiary/aromatic N) is 1. The summed E-state index contributed by atoms with van der Waals surface area (Å²) < 4.78 is 9.52. The van der Waals surface area contributed by atoms with Gasteiger partial charge < -0.3 is 19.7 Å². The van der Waals surface area contributed by atoms with Gasteiger partial charge in [-0.3, -0.25) is 14.4 Å². The first kappa shape index (κ1) is 23.1. The van der Waals surface area contributed by atoms with Gasteiger partial charge in [0.05, 0.1) is 11.8 Å². The highest BCUT2D eigenvalue weighted by Crippen LogP contribution is 2.51. The number of hydrogen-bond acceptors (Lipinski definition) is 7. The molecule has 31 heavy (non-hydrogen) atoms. The van der Waals surface area contributed by atoms with Gasteiger partial charge >= 0.3 is 11.9 Å². The minimum atomic E-state index is -0.828. The van der Waals surface area contributed by atoms with Crippen molar-refractivity contribution >= 4 is 35.5 Å². The maximum atomic E-state index is 12.8. The smallest absolute Gasteiger partial charge is 0.333 e. The molecule has 2 heterocycles.